The van der Waals surface area contributed by atoms with Crippen molar-refractivity contribution in [2.24, 2.45) is 0 Å². The van der Waals surface area contributed by atoms with E-state index in [-0.39, 0.29) is 38.6 Å². The van der Waals surface area contributed by atoms with Crippen LogP contribution in [0.1, 0.15) is 206 Å². The van der Waals surface area contributed by atoms with Gasteiger partial charge in [0.05, 0.1) is 40.3 Å². The fraction of sp³-hybridized carbons (Fsp3) is 0.586. The summed E-state index contributed by atoms with van der Waals surface area (Å²) in [6.45, 7) is 4.50. The zero-order valence-corrected chi connectivity index (χ0v) is 50.4. The Kier molecular flexibility index (Phi) is 55.2. The molecule has 444 valence electrons. The van der Waals surface area contributed by atoms with E-state index >= 15 is 0 Å². The predicted octanol–water partition coefficient (Wildman–Crippen LogP) is 17.2. The molecule has 0 aliphatic heterocycles. The van der Waals surface area contributed by atoms with Gasteiger partial charge in [-0.3, -0.25) is 9.59 Å². The van der Waals surface area contributed by atoms with E-state index in [0.717, 1.165) is 148 Å². The number of unbranched alkanes of at least 4 members (excludes halogenated alkanes) is 13. The molecule has 0 aliphatic rings. The molecular formula is C70H111NO8. The van der Waals surface area contributed by atoms with Gasteiger partial charge in [0.1, 0.15) is 13.2 Å². The Morgan fingerprint density at radius 2 is 0.722 bits per heavy atom. The molecule has 0 saturated carbocycles. The van der Waals surface area contributed by atoms with E-state index in [1.54, 1.807) is 0 Å². The summed E-state index contributed by atoms with van der Waals surface area (Å²) in [7, 11) is 5.90. The van der Waals surface area contributed by atoms with Gasteiger partial charge in [-0.15, -0.1) is 0 Å². The highest BCUT2D eigenvalue weighted by atomic mass is 16.7. The van der Waals surface area contributed by atoms with Gasteiger partial charge in [-0.05, 0) is 122 Å². The molecule has 0 bridgehead atoms. The Hall–Kier alpha value is -5.09. The van der Waals surface area contributed by atoms with E-state index in [2.05, 4.69) is 172 Å². The number of esters is 2. The van der Waals surface area contributed by atoms with Crippen LogP contribution in [-0.4, -0.2) is 82.3 Å². The van der Waals surface area contributed by atoms with Crippen LogP contribution in [0.25, 0.3) is 0 Å². The summed E-state index contributed by atoms with van der Waals surface area (Å²) >= 11 is 0. The van der Waals surface area contributed by atoms with Gasteiger partial charge < -0.3 is 33.3 Å². The van der Waals surface area contributed by atoms with Crippen LogP contribution in [0.4, 0.5) is 0 Å². The van der Waals surface area contributed by atoms with E-state index in [0.29, 0.717) is 23.9 Å². The standard InChI is InChI=1S/C70H111NO8/c1-6-8-10-12-14-16-18-20-21-22-23-24-25-26-27-28-29-30-31-32-33-34-35-36-37-38-39-40-41-42-43-44-45-46-47-49-51-53-55-57-59-61-68(73)79-66(65-78-70(69(74)75)76-63-62-71(3,4)5)64-77-67(72)60-58-56-54-52-50-48-19-17-15-13-11-9-7-2/h8,10-11,13-14,16-17,19-21,23-24,26-27,29-30,32-33,35-36,38-39,41-42,44-45,66,70H,6-7,9,12,15,18,22,25,28,31,34,37,40,43,46-65H2,1-5H3/b10-8-,13-11-,16-14-,19-17-,21-20-,24-23-,27-26-,30-29-,33-32-,36-35-,39-38-,42-41-,45-44-. The van der Waals surface area contributed by atoms with Crippen molar-refractivity contribution < 1.29 is 42.9 Å². The molecule has 0 spiro atoms. The smallest absolute Gasteiger partial charge is 0.306 e. The minimum atomic E-state index is -1.64. The molecule has 0 fully saturated rings. The largest absolute Gasteiger partial charge is 0.545 e. The highest BCUT2D eigenvalue weighted by Crippen LogP contribution is 2.13. The van der Waals surface area contributed by atoms with Crippen molar-refractivity contribution in [2.45, 2.75) is 219 Å². The zero-order valence-electron chi connectivity index (χ0n) is 50.4. The first-order valence-electron chi connectivity index (χ1n) is 30.6. The second kappa shape index (κ2) is 59.0. The molecule has 0 amide bonds. The number of carbonyl (C=O) groups excluding carboxylic acids is 3. The second-order valence-electron chi connectivity index (χ2n) is 20.9. The summed E-state index contributed by atoms with van der Waals surface area (Å²) < 4.78 is 22.6. The molecule has 9 heteroatoms. The number of quaternary nitrogens is 1. The molecule has 0 aromatic carbocycles. The number of carbonyl (C=O) groups is 3. The lowest BCUT2D eigenvalue weighted by Gasteiger charge is -2.26. The molecule has 0 aromatic rings. The number of nitrogens with zero attached hydrogens (tertiary/aromatic N) is 1. The lowest BCUT2D eigenvalue weighted by Crippen LogP contribution is -2.44. The van der Waals surface area contributed by atoms with Crippen LogP contribution in [0.3, 0.4) is 0 Å². The van der Waals surface area contributed by atoms with E-state index in [1.165, 1.54) is 19.3 Å². The molecule has 0 radical (unpaired) electrons. The maximum atomic E-state index is 12.9. The summed E-state index contributed by atoms with van der Waals surface area (Å²) in [5.74, 6) is -2.34. The lowest BCUT2D eigenvalue weighted by molar-refractivity contribution is -0.870. The number of likely N-dealkylation sites (N-methyl/N-ethyl adjacent to an activating group) is 1. The van der Waals surface area contributed by atoms with E-state index in [4.69, 9.17) is 18.9 Å². The second-order valence-corrected chi connectivity index (χ2v) is 20.9. The summed E-state index contributed by atoms with van der Waals surface area (Å²) in [5.41, 5.74) is 0. The van der Waals surface area contributed by atoms with Gasteiger partial charge in [-0.1, -0.05) is 230 Å². The molecule has 0 rings (SSSR count). The summed E-state index contributed by atoms with van der Waals surface area (Å²) in [6.07, 6.45) is 84.5. The first-order chi connectivity index (χ1) is 38.6. The molecule has 0 aromatic heterocycles. The number of hydrogen-bond donors (Lipinski definition) is 0. The molecule has 9 nitrogen and oxygen atoms in total. The predicted molar refractivity (Wildman–Crippen MR) is 333 cm³/mol. The van der Waals surface area contributed by atoms with Gasteiger partial charge in [0.2, 0.25) is 0 Å². The maximum absolute atomic E-state index is 12.9. The number of carboxylic acid groups (broad SMARTS) is 1. The minimum absolute atomic E-state index is 0.135. The Morgan fingerprint density at radius 3 is 1.08 bits per heavy atom. The summed E-state index contributed by atoms with van der Waals surface area (Å²) in [6, 6.07) is 0. The SMILES string of the molecule is CC/C=C\C/C=C\C/C=C\C/C=C\C/C=C\C/C=C\C/C=C\C/C=C\C/C=C\C/C=C\C/C=C\CCCCCCCCCC(=O)OC(COC(=O)CCCCCCC/C=C\C/C=C\CCC)COC(OCC[N+](C)(C)C)C(=O)[O-]. The van der Waals surface area contributed by atoms with Crippen LogP contribution in [0.2, 0.25) is 0 Å². The third kappa shape index (κ3) is 60.4. The van der Waals surface area contributed by atoms with Crippen molar-refractivity contribution in [3.05, 3.63) is 158 Å². The van der Waals surface area contributed by atoms with Crippen molar-refractivity contribution in [2.75, 3.05) is 47.5 Å². The van der Waals surface area contributed by atoms with Crippen molar-refractivity contribution in [1.82, 2.24) is 0 Å². The van der Waals surface area contributed by atoms with Gasteiger partial charge >= 0.3 is 11.9 Å². The third-order valence-electron chi connectivity index (χ3n) is 12.2. The average Bonchev–Trinajstić information content (AvgIpc) is 3.42. The number of rotatable bonds is 54. The topological polar surface area (TPSA) is 111 Å². The Bertz CT molecular complexity index is 1850. The van der Waals surface area contributed by atoms with E-state index < -0.39 is 24.3 Å². The zero-order chi connectivity index (χ0) is 57.6. The first-order valence-corrected chi connectivity index (χ1v) is 30.6. The number of carboxylic acids is 1. The van der Waals surface area contributed by atoms with Gasteiger partial charge in [0.15, 0.2) is 12.4 Å². The molecule has 2 atom stereocenters. The molecule has 2 unspecified atom stereocenters. The minimum Gasteiger partial charge on any atom is -0.545 e. The molecule has 0 N–H and O–H groups in total. The van der Waals surface area contributed by atoms with Gasteiger partial charge in [0, 0.05) is 12.8 Å². The van der Waals surface area contributed by atoms with Crippen LogP contribution < -0.4 is 5.11 Å². The fourth-order valence-corrected chi connectivity index (χ4v) is 7.58. The molecule has 0 heterocycles. The van der Waals surface area contributed by atoms with Crippen LogP contribution in [0.15, 0.2) is 158 Å². The molecule has 0 saturated heterocycles. The van der Waals surface area contributed by atoms with Crippen LogP contribution in [0.5, 0.6) is 0 Å². The van der Waals surface area contributed by atoms with Crippen molar-refractivity contribution in [1.29, 1.82) is 0 Å². The first kappa shape index (κ1) is 73.9. The van der Waals surface area contributed by atoms with Gasteiger partial charge in [0.25, 0.3) is 0 Å². The molecule has 0 aliphatic carbocycles. The Morgan fingerprint density at radius 1 is 0.392 bits per heavy atom. The van der Waals surface area contributed by atoms with Crippen molar-refractivity contribution >= 4 is 17.9 Å². The number of ether oxygens (including phenoxy) is 4. The fourth-order valence-electron chi connectivity index (χ4n) is 7.58. The average molecular weight is 1090 g/mol. The van der Waals surface area contributed by atoms with Crippen molar-refractivity contribution in [3.63, 3.8) is 0 Å². The quantitative estimate of drug-likeness (QED) is 0.0195. The van der Waals surface area contributed by atoms with Crippen LogP contribution in [-0.2, 0) is 33.3 Å². The Balaban J connectivity index is 4.19. The van der Waals surface area contributed by atoms with Crippen LogP contribution in [0, 0.1) is 0 Å². The number of allylic oxidation sites excluding steroid dienone is 26. The van der Waals surface area contributed by atoms with Crippen LogP contribution >= 0.6 is 0 Å². The summed E-state index contributed by atoms with van der Waals surface area (Å²) in [4.78, 5) is 37.2. The molecule has 79 heavy (non-hydrogen) atoms. The van der Waals surface area contributed by atoms with Crippen molar-refractivity contribution in [3.8, 4) is 0 Å². The van der Waals surface area contributed by atoms with E-state index in [9.17, 15) is 19.5 Å². The van der Waals surface area contributed by atoms with Gasteiger partial charge in [-0.2, -0.15) is 0 Å². The van der Waals surface area contributed by atoms with Gasteiger partial charge in [-0.25, -0.2) is 0 Å². The molecular weight excluding hydrogens is 983 g/mol. The maximum Gasteiger partial charge on any atom is 0.306 e. The lowest BCUT2D eigenvalue weighted by atomic mass is 10.1. The third-order valence-corrected chi connectivity index (χ3v) is 12.2. The number of hydrogen-bond acceptors (Lipinski definition) is 8. The monoisotopic (exact) mass is 1090 g/mol. The normalized spacial score (nSPS) is 13.9. The number of aliphatic carboxylic acids is 1. The summed E-state index contributed by atoms with van der Waals surface area (Å²) in [5, 5.41) is 11.8. The highest BCUT2D eigenvalue weighted by Gasteiger charge is 2.22. The van der Waals surface area contributed by atoms with E-state index in [1.807, 2.05) is 21.1 Å². The Labute approximate surface area is 483 Å². The highest BCUT2D eigenvalue weighted by molar-refractivity contribution is 5.70.